The highest BCUT2D eigenvalue weighted by molar-refractivity contribution is 5.89. The Hall–Kier alpha value is -2.02. The van der Waals surface area contributed by atoms with E-state index in [-0.39, 0.29) is 5.91 Å². The third-order valence-corrected chi connectivity index (χ3v) is 3.11. The fraction of sp³-hybridized carbons (Fsp3) is 0.429. The van der Waals surface area contributed by atoms with E-state index in [0.29, 0.717) is 6.42 Å². The summed E-state index contributed by atoms with van der Waals surface area (Å²) in [7, 11) is 0. The Balaban J connectivity index is 2.23. The van der Waals surface area contributed by atoms with Gasteiger partial charge in [0.1, 0.15) is 0 Å². The van der Waals surface area contributed by atoms with Crippen LogP contribution < -0.4 is 10.2 Å². The largest absolute Gasteiger partial charge is 0.370 e. The Morgan fingerprint density at radius 1 is 1.56 bits per heavy atom. The van der Waals surface area contributed by atoms with Crippen LogP contribution in [0.15, 0.2) is 18.2 Å². The van der Waals surface area contributed by atoms with Crippen molar-refractivity contribution in [1.29, 1.82) is 5.26 Å². The molecule has 94 valence electrons. The lowest BCUT2D eigenvalue weighted by Gasteiger charge is -2.31. The number of aryl methyl sites for hydroxylation is 1. The number of anilines is 2. The topological polar surface area (TPSA) is 56.1 Å². The Morgan fingerprint density at radius 3 is 3.11 bits per heavy atom. The van der Waals surface area contributed by atoms with Crippen LogP contribution >= 0.6 is 0 Å². The molecule has 4 nitrogen and oxygen atoms in total. The molecule has 0 unspecified atom stereocenters. The number of hydrogen-bond acceptors (Lipinski definition) is 3. The number of amides is 1. The Kier molecular flexibility index (Phi) is 3.83. The first-order valence-corrected chi connectivity index (χ1v) is 6.23. The quantitative estimate of drug-likeness (QED) is 0.886. The van der Waals surface area contributed by atoms with Gasteiger partial charge in [0.25, 0.3) is 0 Å². The lowest BCUT2D eigenvalue weighted by Crippen LogP contribution is -2.30. The zero-order valence-electron chi connectivity index (χ0n) is 10.6. The van der Waals surface area contributed by atoms with E-state index in [0.717, 1.165) is 37.3 Å². The second-order valence-corrected chi connectivity index (χ2v) is 4.52. The van der Waals surface area contributed by atoms with Crippen molar-refractivity contribution in [3.8, 4) is 6.07 Å². The SMILES string of the molecule is CC(=O)Nc1ccc2c(c1)N(CCC#N)CCC2. The molecular formula is C14H17N3O. The second kappa shape index (κ2) is 5.54. The number of hydrogen-bond donors (Lipinski definition) is 1. The summed E-state index contributed by atoms with van der Waals surface area (Å²) in [6.45, 7) is 3.25. The summed E-state index contributed by atoms with van der Waals surface area (Å²) in [5.41, 5.74) is 3.28. The van der Waals surface area contributed by atoms with Crippen molar-refractivity contribution in [1.82, 2.24) is 0 Å². The lowest BCUT2D eigenvalue weighted by atomic mass is 10.0. The predicted molar refractivity (Wildman–Crippen MR) is 71.5 cm³/mol. The van der Waals surface area contributed by atoms with Gasteiger partial charge in [-0.1, -0.05) is 6.07 Å². The fourth-order valence-electron chi connectivity index (χ4n) is 2.35. The van der Waals surface area contributed by atoms with Crippen LogP contribution in [-0.4, -0.2) is 19.0 Å². The fourth-order valence-corrected chi connectivity index (χ4v) is 2.35. The van der Waals surface area contributed by atoms with E-state index >= 15 is 0 Å². The van der Waals surface area contributed by atoms with Crippen molar-refractivity contribution >= 4 is 17.3 Å². The van der Waals surface area contributed by atoms with Crippen molar-refractivity contribution in [2.24, 2.45) is 0 Å². The minimum absolute atomic E-state index is 0.0608. The van der Waals surface area contributed by atoms with E-state index < -0.39 is 0 Å². The highest BCUT2D eigenvalue weighted by atomic mass is 16.1. The molecule has 1 aliphatic rings. The molecule has 0 saturated heterocycles. The highest BCUT2D eigenvalue weighted by Crippen LogP contribution is 2.30. The van der Waals surface area contributed by atoms with Gasteiger partial charge in [0.15, 0.2) is 0 Å². The zero-order valence-corrected chi connectivity index (χ0v) is 10.6. The minimum atomic E-state index is -0.0608. The molecule has 0 fully saturated rings. The Bertz CT molecular complexity index is 490. The molecule has 2 rings (SSSR count). The first-order chi connectivity index (χ1) is 8.70. The number of fused-ring (bicyclic) bond motifs is 1. The monoisotopic (exact) mass is 243 g/mol. The molecule has 1 N–H and O–H groups in total. The van der Waals surface area contributed by atoms with Gasteiger partial charge >= 0.3 is 0 Å². The Morgan fingerprint density at radius 2 is 2.39 bits per heavy atom. The van der Waals surface area contributed by atoms with Gasteiger partial charge in [0.2, 0.25) is 5.91 Å². The molecule has 1 aromatic rings. The maximum atomic E-state index is 11.1. The van der Waals surface area contributed by atoms with Gasteiger partial charge in [-0.2, -0.15) is 5.26 Å². The van der Waals surface area contributed by atoms with E-state index in [2.05, 4.69) is 22.4 Å². The number of carbonyl (C=O) groups is 1. The van der Waals surface area contributed by atoms with Gasteiger partial charge in [0, 0.05) is 31.4 Å². The van der Waals surface area contributed by atoms with E-state index in [1.807, 2.05) is 12.1 Å². The van der Waals surface area contributed by atoms with E-state index in [1.54, 1.807) is 0 Å². The third-order valence-electron chi connectivity index (χ3n) is 3.11. The van der Waals surface area contributed by atoms with Gasteiger partial charge in [0.05, 0.1) is 12.5 Å². The van der Waals surface area contributed by atoms with Crippen molar-refractivity contribution < 1.29 is 4.79 Å². The van der Waals surface area contributed by atoms with Crippen LogP contribution in [0.3, 0.4) is 0 Å². The predicted octanol–water partition coefficient (Wildman–Crippen LogP) is 2.31. The van der Waals surface area contributed by atoms with Gasteiger partial charge in [-0.3, -0.25) is 4.79 Å². The molecule has 1 aromatic carbocycles. The van der Waals surface area contributed by atoms with Crippen LogP contribution in [0.1, 0.15) is 25.3 Å². The summed E-state index contributed by atoms with van der Waals surface area (Å²) in [5, 5.41) is 11.5. The lowest BCUT2D eigenvalue weighted by molar-refractivity contribution is -0.114. The van der Waals surface area contributed by atoms with Crippen molar-refractivity contribution in [2.75, 3.05) is 23.3 Å². The van der Waals surface area contributed by atoms with Crippen LogP contribution in [0.2, 0.25) is 0 Å². The van der Waals surface area contributed by atoms with Gasteiger partial charge in [-0.25, -0.2) is 0 Å². The molecule has 0 saturated carbocycles. The molecule has 0 bridgehead atoms. The maximum absolute atomic E-state index is 11.1. The summed E-state index contributed by atoms with van der Waals surface area (Å²) in [6.07, 6.45) is 2.72. The van der Waals surface area contributed by atoms with Crippen LogP contribution in [0.25, 0.3) is 0 Å². The molecular weight excluding hydrogens is 226 g/mol. The first kappa shape index (κ1) is 12.4. The third kappa shape index (κ3) is 2.80. The van der Waals surface area contributed by atoms with E-state index in [4.69, 9.17) is 5.26 Å². The van der Waals surface area contributed by atoms with Crippen molar-refractivity contribution in [3.05, 3.63) is 23.8 Å². The van der Waals surface area contributed by atoms with Crippen molar-refractivity contribution in [2.45, 2.75) is 26.2 Å². The summed E-state index contributed by atoms with van der Waals surface area (Å²) in [5.74, 6) is -0.0608. The molecule has 0 aromatic heterocycles. The Labute approximate surface area is 107 Å². The van der Waals surface area contributed by atoms with Crippen LogP contribution in [-0.2, 0) is 11.2 Å². The molecule has 0 atom stereocenters. The number of benzene rings is 1. The number of nitrogens with one attached hydrogen (secondary N) is 1. The highest BCUT2D eigenvalue weighted by Gasteiger charge is 2.16. The van der Waals surface area contributed by atoms with Crippen molar-refractivity contribution in [3.63, 3.8) is 0 Å². The molecule has 0 aliphatic carbocycles. The molecule has 18 heavy (non-hydrogen) atoms. The number of nitriles is 1. The number of carbonyl (C=O) groups excluding carboxylic acids is 1. The zero-order chi connectivity index (χ0) is 13.0. The molecule has 1 heterocycles. The van der Waals surface area contributed by atoms with Crippen LogP contribution in [0.4, 0.5) is 11.4 Å². The summed E-state index contributed by atoms with van der Waals surface area (Å²) >= 11 is 0. The first-order valence-electron chi connectivity index (χ1n) is 6.23. The average Bonchev–Trinajstić information content (AvgIpc) is 2.35. The smallest absolute Gasteiger partial charge is 0.221 e. The van der Waals surface area contributed by atoms with Gasteiger partial charge < -0.3 is 10.2 Å². The number of rotatable bonds is 3. The minimum Gasteiger partial charge on any atom is -0.370 e. The summed E-state index contributed by atoms with van der Waals surface area (Å²) in [4.78, 5) is 13.3. The molecule has 0 radical (unpaired) electrons. The normalized spacial score (nSPS) is 13.7. The van der Waals surface area contributed by atoms with Gasteiger partial charge in [-0.05, 0) is 30.5 Å². The molecule has 0 spiro atoms. The molecule has 4 heteroatoms. The standard InChI is InChI=1S/C14H17N3O/c1-11(18)16-13-6-5-12-4-2-8-17(9-3-7-15)14(12)10-13/h5-6,10H,2-4,8-9H2,1H3,(H,16,18). The summed E-state index contributed by atoms with van der Waals surface area (Å²) < 4.78 is 0. The molecule has 1 aliphatic heterocycles. The van der Waals surface area contributed by atoms with Crippen LogP contribution in [0, 0.1) is 11.3 Å². The maximum Gasteiger partial charge on any atom is 0.221 e. The second-order valence-electron chi connectivity index (χ2n) is 4.52. The summed E-state index contributed by atoms with van der Waals surface area (Å²) in [6, 6.07) is 8.20. The van der Waals surface area contributed by atoms with E-state index in [9.17, 15) is 4.79 Å². The number of nitrogens with zero attached hydrogens (tertiary/aromatic N) is 2. The molecule has 1 amide bonds. The van der Waals surface area contributed by atoms with E-state index in [1.165, 1.54) is 12.5 Å². The van der Waals surface area contributed by atoms with Gasteiger partial charge in [-0.15, -0.1) is 0 Å². The van der Waals surface area contributed by atoms with Crippen LogP contribution in [0.5, 0.6) is 0 Å². The average molecular weight is 243 g/mol.